The summed E-state index contributed by atoms with van der Waals surface area (Å²) in [4.78, 5) is 12.5. The lowest BCUT2D eigenvalue weighted by atomic mass is 10.1. The molecule has 0 fully saturated rings. The molecule has 2 N–H and O–H groups in total. The summed E-state index contributed by atoms with van der Waals surface area (Å²) in [6, 6.07) is 16.8. The van der Waals surface area contributed by atoms with Crippen LogP contribution in [0.5, 0.6) is 0 Å². The van der Waals surface area contributed by atoms with Crippen molar-refractivity contribution < 1.29 is 0 Å². The van der Waals surface area contributed by atoms with Gasteiger partial charge in [0, 0.05) is 11.9 Å². The highest BCUT2D eigenvalue weighted by Gasteiger charge is 2.09. The Hall–Kier alpha value is -2.46. The summed E-state index contributed by atoms with van der Waals surface area (Å²) >= 11 is 0. The molecule has 1 aromatic heterocycles. The molecule has 94 valence electrons. The van der Waals surface area contributed by atoms with Gasteiger partial charge in [-0.1, -0.05) is 36.4 Å². The van der Waals surface area contributed by atoms with Gasteiger partial charge in [-0.25, -0.2) is 0 Å². The summed E-state index contributed by atoms with van der Waals surface area (Å²) < 4.78 is 1.41. The first-order valence-corrected chi connectivity index (χ1v) is 6.07. The average molecular weight is 251 g/mol. The second-order valence-corrected chi connectivity index (χ2v) is 4.25. The first-order valence-electron chi connectivity index (χ1n) is 6.07. The van der Waals surface area contributed by atoms with Gasteiger partial charge in [0.2, 0.25) is 0 Å². The predicted molar refractivity (Wildman–Crippen MR) is 75.2 cm³/mol. The molecule has 0 spiro atoms. The van der Waals surface area contributed by atoms with E-state index in [1.807, 2.05) is 48.5 Å². The highest BCUT2D eigenvalue weighted by Crippen LogP contribution is 2.14. The van der Waals surface area contributed by atoms with Gasteiger partial charge in [-0.05, 0) is 18.2 Å². The van der Waals surface area contributed by atoms with E-state index in [-0.39, 0.29) is 5.56 Å². The molecule has 4 nitrogen and oxygen atoms in total. The van der Waals surface area contributed by atoms with Gasteiger partial charge in [0.15, 0.2) is 0 Å². The first-order chi connectivity index (χ1) is 9.31. The number of fused-ring (bicyclic) bond motifs is 1. The second-order valence-electron chi connectivity index (χ2n) is 4.25. The van der Waals surface area contributed by atoms with Gasteiger partial charge in [-0.2, -0.15) is 9.78 Å². The maximum atomic E-state index is 12.5. The Morgan fingerprint density at radius 1 is 0.947 bits per heavy atom. The predicted octanol–water partition coefficient (Wildman–Crippen LogP) is 1.84. The van der Waals surface area contributed by atoms with E-state index in [0.717, 1.165) is 16.8 Å². The Bertz CT molecular complexity index is 778. The van der Waals surface area contributed by atoms with Crippen LogP contribution in [-0.2, 0) is 6.54 Å². The van der Waals surface area contributed by atoms with Crippen LogP contribution in [0.1, 0.15) is 5.69 Å². The summed E-state index contributed by atoms with van der Waals surface area (Å²) in [5.74, 6) is 0. The van der Waals surface area contributed by atoms with Crippen molar-refractivity contribution >= 4 is 10.8 Å². The molecule has 3 rings (SSSR count). The van der Waals surface area contributed by atoms with Crippen LogP contribution in [0.15, 0.2) is 59.4 Å². The Labute approximate surface area is 110 Å². The second kappa shape index (κ2) is 4.66. The van der Waals surface area contributed by atoms with E-state index in [9.17, 15) is 4.79 Å². The van der Waals surface area contributed by atoms with Gasteiger partial charge in [0.25, 0.3) is 5.56 Å². The minimum absolute atomic E-state index is 0.126. The SMILES string of the molecule is NCc1nn(-c2ccccc2)c(=O)c2ccccc12. The smallest absolute Gasteiger partial charge is 0.279 e. The number of benzene rings is 2. The quantitative estimate of drug-likeness (QED) is 0.756. The van der Waals surface area contributed by atoms with Crippen molar-refractivity contribution in [2.45, 2.75) is 6.54 Å². The number of nitrogens with zero attached hydrogens (tertiary/aromatic N) is 2. The molecule has 3 aromatic rings. The molecule has 0 unspecified atom stereocenters. The molecule has 19 heavy (non-hydrogen) atoms. The van der Waals surface area contributed by atoms with Gasteiger partial charge in [-0.15, -0.1) is 0 Å². The Morgan fingerprint density at radius 3 is 2.26 bits per heavy atom. The minimum Gasteiger partial charge on any atom is -0.325 e. The summed E-state index contributed by atoms with van der Waals surface area (Å²) in [7, 11) is 0. The maximum absolute atomic E-state index is 12.5. The topological polar surface area (TPSA) is 60.9 Å². The first kappa shape index (κ1) is 11.6. The zero-order chi connectivity index (χ0) is 13.2. The molecule has 0 aliphatic heterocycles. The largest absolute Gasteiger partial charge is 0.325 e. The molecule has 0 atom stereocenters. The molecular formula is C15H13N3O. The van der Waals surface area contributed by atoms with E-state index < -0.39 is 0 Å². The third-order valence-corrected chi connectivity index (χ3v) is 3.08. The van der Waals surface area contributed by atoms with Crippen LogP contribution in [0, 0.1) is 0 Å². The van der Waals surface area contributed by atoms with E-state index >= 15 is 0 Å². The van der Waals surface area contributed by atoms with Crippen LogP contribution in [0.2, 0.25) is 0 Å². The molecule has 1 heterocycles. The fourth-order valence-electron chi connectivity index (χ4n) is 2.15. The number of para-hydroxylation sites is 1. The lowest BCUT2D eigenvalue weighted by molar-refractivity contribution is 0.776. The third kappa shape index (κ3) is 1.92. The highest BCUT2D eigenvalue weighted by atomic mass is 16.1. The Balaban J connectivity index is 2.39. The third-order valence-electron chi connectivity index (χ3n) is 3.08. The fourth-order valence-corrected chi connectivity index (χ4v) is 2.15. The van der Waals surface area contributed by atoms with Gasteiger partial charge in [0.05, 0.1) is 16.8 Å². The standard InChI is InChI=1S/C15H13N3O/c16-10-14-12-8-4-5-9-13(12)15(19)18(17-14)11-6-2-1-3-7-11/h1-9H,10,16H2. The molecule has 0 saturated carbocycles. The van der Waals surface area contributed by atoms with E-state index in [0.29, 0.717) is 11.9 Å². The van der Waals surface area contributed by atoms with Gasteiger partial charge in [-0.3, -0.25) is 4.79 Å². The van der Waals surface area contributed by atoms with E-state index in [4.69, 9.17) is 5.73 Å². The number of hydrogen-bond acceptors (Lipinski definition) is 3. The van der Waals surface area contributed by atoms with Crippen LogP contribution in [-0.4, -0.2) is 9.78 Å². The van der Waals surface area contributed by atoms with Crippen LogP contribution >= 0.6 is 0 Å². The molecule has 2 aromatic carbocycles. The molecule has 0 aliphatic carbocycles. The highest BCUT2D eigenvalue weighted by molar-refractivity contribution is 5.83. The van der Waals surface area contributed by atoms with Crippen LogP contribution in [0.25, 0.3) is 16.5 Å². The number of hydrogen-bond donors (Lipinski definition) is 1. The van der Waals surface area contributed by atoms with Crippen molar-refractivity contribution in [2.75, 3.05) is 0 Å². The molecule has 0 saturated heterocycles. The van der Waals surface area contributed by atoms with E-state index in [1.54, 1.807) is 6.07 Å². The van der Waals surface area contributed by atoms with Crippen molar-refractivity contribution in [2.24, 2.45) is 5.73 Å². The minimum atomic E-state index is -0.126. The fraction of sp³-hybridized carbons (Fsp3) is 0.0667. The summed E-state index contributed by atoms with van der Waals surface area (Å²) in [5.41, 5.74) is 7.07. The summed E-state index contributed by atoms with van der Waals surface area (Å²) in [5, 5.41) is 5.83. The maximum Gasteiger partial charge on any atom is 0.279 e. The Morgan fingerprint density at radius 2 is 1.58 bits per heavy atom. The zero-order valence-electron chi connectivity index (χ0n) is 10.3. The molecule has 0 aliphatic rings. The zero-order valence-corrected chi connectivity index (χ0v) is 10.3. The van der Waals surface area contributed by atoms with Crippen molar-refractivity contribution in [3.63, 3.8) is 0 Å². The van der Waals surface area contributed by atoms with Crippen molar-refractivity contribution in [3.05, 3.63) is 70.6 Å². The van der Waals surface area contributed by atoms with Crippen LogP contribution < -0.4 is 11.3 Å². The van der Waals surface area contributed by atoms with Crippen molar-refractivity contribution in [1.82, 2.24) is 9.78 Å². The lowest BCUT2D eigenvalue weighted by Crippen LogP contribution is -2.23. The number of rotatable bonds is 2. The lowest BCUT2D eigenvalue weighted by Gasteiger charge is -2.09. The molecular weight excluding hydrogens is 238 g/mol. The molecule has 0 bridgehead atoms. The van der Waals surface area contributed by atoms with Crippen molar-refractivity contribution in [1.29, 1.82) is 0 Å². The van der Waals surface area contributed by atoms with Gasteiger partial charge >= 0.3 is 0 Å². The monoisotopic (exact) mass is 251 g/mol. The normalized spacial score (nSPS) is 10.8. The summed E-state index contributed by atoms with van der Waals surface area (Å²) in [6.45, 7) is 0.299. The molecule has 0 amide bonds. The summed E-state index contributed by atoms with van der Waals surface area (Å²) in [6.07, 6.45) is 0. The van der Waals surface area contributed by atoms with Gasteiger partial charge in [0.1, 0.15) is 0 Å². The van der Waals surface area contributed by atoms with E-state index in [1.165, 1.54) is 4.68 Å². The number of aromatic nitrogens is 2. The van der Waals surface area contributed by atoms with Crippen molar-refractivity contribution in [3.8, 4) is 5.69 Å². The average Bonchev–Trinajstić information content (AvgIpc) is 2.49. The number of nitrogens with two attached hydrogens (primary N) is 1. The van der Waals surface area contributed by atoms with E-state index in [2.05, 4.69) is 5.10 Å². The molecule has 4 heteroatoms. The molecule has 0 radical (unpaired) electrons. The van der Waals surface area contributed by atoms with Crippen LogP contribution in [0.4, 0.5) is 0 Å². The Kier molecular flexibility index (Phi) is 2.85. The van der Waals surface area contributed by atoms with Gasteiger partial charge < -0.3 is 5.73 Å². The van der Waals surface area contributed by atoms with Crippen LogP contribution in [0.3, 0.4) is 0 Å².